The molecule has 1 aliphatic rings. The van der Waals surface area contributed by atoms with Crippen molar-refractivity contribution in [3.8, 4) is 0 Å². The highest BCUT2D eigenvalue weighted by atomic mass is 19.1. The normalized spacial score (nSPS) is 17.1. The Balaban J connectivity index is 1.86. The lowest BCUT2D eigenvalue weighted by Gasteiger charge is -2.30. The van der Waals surface area contributed by atoms with Crippen LogP contribution in [0.25, 0.3) is 0 Å². The van der Waals surface area contributed by atoms with E-state index >= 15 is 0 Å². The number of carbonyl (C=O) groups excluding carboxylic acids is 1. The van der Waals surface area contributed by atoms with E-state index in [2.05, 4.69) is 4.90 Å². The molecule has 3 nitrogen and oxygen atoms in total. The molecule has 0 radical (unpaired) electrons. The molecule has 0 aromatic heterocycles. The molecule has 1 saturated heterocycles. The first-order chi connectivity index (χ1) is 9.58. The molecule has 0 atom stereocenters. The van der Waals surface area contributed by atoms with Crippen molar-refractivity contribution >= 4 is 5.97 Å². The second-order valence-corrected chi connectivity index (χ2v) is 5.08. The summed E-state index contributed by atoms with van der Waals surface area (Å²) < 4.78 is 31.2. The predicted molar refractivity (Wildman–Crippen MR) is 71.0 cm³/mol. The average molecular weight is 283 g/mol. The fourth-order valence-corrected chi connectivity index (χ4v) is 2.55. The Hall–Kier alpha value is -1.49. The third kappa shape index (κ3) is 4.00. The van der Waals surface area contributed by atoms with E-state index in [1.807, 2.05) is 0 Å². The summed E-state index contributed by atoms with van der Waals surface area (Å²) in [7, 11) is 0. The number of rotatable bonds is 4. The maximum atomic E-state index is 13.1. The van der Waals surface area contributed by atoms with E-state index in [9.17, 15) is 13.6 Å². The van der Waals surface area contributed by atoms with Crippen LogP contribution < -0.4 is 0 Å². The molecule has 1 fully saturated rings. The summed E-state index contributed by atoms with van der Waals surface area (Å²) in [6.45, 7) is 4.18. The van der Waals surface area contributed by atoms with Gasteiger partial charge in [-0.15, -0.1) is 0 Å². The molecule has 20 heavy (non-hydrogen) atoms. The summed E-state index contributed by atoms with van der Waals surface area (Å²) in [5.41, 5.74) is 0.622. The SMILES string of the molecule is CCOC(=O)C1CCN(Cc2cc(F)cc(F)c2)CC1. The minimum atomic E-state index is -0.554. The Bertz CT molecular complexity index is 451. The average Bonchev–Trinajstić information content (AvgIpc) is 2.38. The van der Waals surface area contributed by atoms with E-state index in [1.54, 1.807) is 6.92 Å². The molecule has 1 aromatic carbocycles. The van der Waals surface area contributed by atoms with E-state index < -0.39 is 11.6 Å². The predicted octanol–water partition coefficient (Wildman–Crippen LogP) is 2.74. The van der Waals surface area contributed by atoms with E-state index in [0.29, 0.717) is 18.7 Å². The molecule has 0 unspecified atom stereocenters. The van der Waals surface area contributed by atoms with Crippen LogP contribution >= 0.6 is 0 Å². The van der Waals surface area contributed by atoms with Crippen molar-refractivity contribution in [2.24, 2.45) is 5.92 Å². The van der Waals surface area contributed by atoms with Crippen molar-refractivity contribution in [3.63, 3.8) is 0 Å². The maximum Gasteiger partial charge on any atom is 0.309 e. The number of likely N-dealkylation sites (tertiary alicyclic amines) is 1. The first kappa shape index (κ1) is 14.9. The summed E-state index contributed by atoms with van der Waals surface area (Å²) in [4.78, 5) is 13.7. The van der Waals surface area contributed by atoms with Gasteiger partial charge in [-0.2, -0.15) is 0 Å². The summed E-state index contributed by atoms with van der Waals surface area (Å²) >= 11 is 0. The lowest BCUT2D eigenvalue weighted by molar-refractivity contribution is -0.149. The van der Waals surface area contributed by atoms with Crippen molar-refractivity contribution in [1.82, 2.24) is 4.90 Å². The first-order valence-electron chi connectivity index (χ1n) is 6.92. The van der Waals surface area contributed by atoms with Crippen LogP contribution in [0.3, 0.4) is 0 Å². The number of halogens is 2. The molecule has 1 aliphatic heterocycles. The molecular formula is C15H19F2NO2. The Morgan fingerprint density at radius 2 is 1.85 bits per heavy atom. The van der Waals surface area contributed by atoms with Crippen LogP contribution in [-0.2, 0) is 16.1 Å². The molecule has 1 aromatic rings. The van der Waals surface area contributed by atoms with E-state index in [0.717, 1.165) is 32.0 Å². The molecular weight excluding hydrogens is 264 g/mol. The summed E-state index contributed by atoms with van der Waals surface area (Å²) in [6, 6.07) is 3.57. The number of esters is 1. The second kappa shape index (κ2) is 6.79. The number of hydrogen-bond donors (Lipinski definition) is 0. The fraction of sp³-hybridized carbons (Fsp3) is 0.533. The highest BCUT2D eigenvalue weighted by molar-refractivity contribution is 5.72. The zero-order valence-electron chi connectivity index (χ0n) is 11.6. The van der Waals surface area contributed by atoms with Crippen LogP contribution in [0.1, 0.15) is 25.3 Å². The van der Waals surface area contributed by atoms with Crippen LogP contribution in [0.2, 0.25) is 0 Å². The van der Waals surface area contributed by atoms with Gasteiger partial charge < -0.3 is 4.74 Å². The number of carbonyl (C=O) groups is 1. The summed E-state index contributed by atoms with van der Waals surface area (Å²) in [5, 5.41) is 0. The topological polar surface area (TPSA) is 29.5 Å². The number of benzene rings is 1. The first-order valence-corrected chi connectivity index (χ1v) is 6.92. The number of hydrogen-bond acceptors (Lipinski definition) is 3. The van der Waals surface area contributed by atoms with Gasteiger partial charge in [-0.3, -0.25) is 9.69 Å². The van der Waals surface area contributed by atoms with Gasteiger partial charge >= 0.3 is 5.97 Å². The molecule has 1 heterocycles. The lowest BCUT2D eigenvalue weighted by Crippen LogP contribution is -2.36. The third-order valence-electron chi connectivity index (χ3n) is 3.54. The van der Waals surface area contributed by atoms with E-state index in [-0.39, 0.29) is 11.9 Å². The third-order valence-corrected chi connectivity index (χ3v) is 3.54. The minimum Gasteiger partial charge on any atom is -0.466 e. The maximum absolute atomic E-state index is 13.1. The molecule has 2 rings (SSSR count). The molecule has 0 amide bonds. The molecule has 0 spiro atoms. The molecule has 0 saturated carbocycles. The number of nitrogens with zero attached hydrogens (tertiary/aromatic N) is 1. The Morgan fingerprint density at radius 1 is 1.25 bits per heavy atom. The van der Waals surface area contributed by atoms with Gasteiger partial charge in [-0.05, 0) is 50.6 Å². The zero-order valence-corrected chi connectivity index (χ0v) is 11.6. The van der Waals surface area contributed by atoms with Gasteiger partial charge in [0.2, 0.25) is 0 Å². The largest absolute Gasteiger partial charge is 0.466 e. The van der Waals surface area contributed by atoms with Crippen molar-refractivity contribution in [3.05, 3.63) is 35.4 Å². The molecule has 0 bridgehead atoms. The standard InChI is InChI=1S/C15H19F2NO2/c1-2-20-15(19)12-3-5-18(6-4-12)10-11-7-13(16)9-14(17)8-11/h7-9,12H,2-6,10H2,1H3. The van der Waals surface area contributed by atoms with E-state index in [4.69, 9.17) is 4.74 Å². The minimum absolute atomic E-state index is 0.0459. The monoisotopic (exact) mass is 283 g/mol. The zero-order chi connectivity index (χ0) is 14.5. The Kier molecular flexibility index (Phi) is 5.06. The molecule has 0 aliphatic carbocycles. The van der Waals surface area contributed by atoms with Crippen molar-refractivity contribution in [2.75, 3.05) is 19.7 Å². The van der Waals surface area contributed by atoms with Gasteiger partial charge in [0.25, 0.3) is 0 Å². The fourth-order valence-electron chi connectivity index (χ4n) is 2.55. The van der Waals surface area contributed by atoms with Crippen LogP contribution in [-0.4, -0.2) is 30.6 Å². The summed E-state index contributed by atoms with van der Waals surface area (Å²) in [5.74, 6) is -1.29. The van der Waals surface area contributed by atoms with Gasteiger partial charge in [0.05, 0.1) is 12.5 Å². The second-order valence-electron chi connectivity index (χ2n) is 5.08. The lowest BCUT2D eigenvalue weighted by atomic mass is 9.96. The molecule has 110 valence electrons. The molecule has 5 heteroatoms. The van der Waals surface area contributed by atoms with Crippen molar-refractivity contribution < 1.29 is 18.3 Å². The quantitative estimate of drug-likeness (QED) is 0.796. The summed E-state index contributed by atoms with van der Waals surface area (Å²) in [6.07, 6.45) is 1.47. The van der Waals surface area contributed by atoms with Crippen LogP contribution in [0, 0.1) is 17.6 Å². The van der Waals surface area contributed by atoms with Gasteiger partial charge in [-0.1, -0.05) is 0 Å². The van der Waals surface area contributed by atoms with Crippen LogP contribution in [0.15, 0.2) is 18.2 Å². The van der Waals surface area contributed by atoms with Gasteiger partial charge in [0.1, 0.15) is 11.6 Å². The number of ether oxygens (including phenoxy) is 1. The van der Waals surface area contributed by atoms with Gasteiger partial charge in [-0.25, -0.2) is 8.78 Å². The Morgan fingerprint density at radius 3 is 2.40 bits per heavy atom. The molecule has 0 N–H and O–H groups in total. The van der Waals surface area contributed by atoms with Gasteiger partial charge in [0.15, 0.2) is 0 Å². The van der Waals surface area contributed by atoms with Gasteiger partial charge in [0, 0.05) is 12.6 Å². The van der Waals surface area contributed by atoms with Crippen LogP contribution in [0.5, 0.6) is 0 Å². The smallest absolute Gasteiger partial charge is 0.309 e. The van der Waals surface area contributed by atoms with Crippen molar-refractivity contribution in [1.29, 1.82) is 0 Å². The van der Waals surface area contributed by atoms with E-state index in [1.165, 1.54) is 12.1 Å². The van der Waals surface area contributed by atoms with Crippen LogP contribution in [0.4, 0.5) is 8.78 Å². The number of piperidine rings is 1. The highest BCUT2D eigenvalue weighted by Gasteiger charge is 2.25. The van der Waals surface area contributed by atoms with Crippen molar-refractivity contribution in [2.45, 2.75) is 26.3 Å². The Labute approximate surface area is 117 Å². The highest BCUT2D eigenvalue weighted by Crippen LogP contribution is 2.20.